The fourth-order valence-electron chi connectivity index (χ4n) is 1.34. The molecule has 2 amide bonds. The Morgan fingerprint density at radius 2 is 1.81 bits per heavy atom. The van der Waals surface area contributed by atoms with E-state index in [2.05, 4.69) is 10.6 Å². The smallest absolute Gasteiger partial charge is 0.309 e. The normalized spacial score (nSPS) is 11.6. The third kappa shape index (κ3) is 3.38. The molecule has 4 heteroatoms. The molecule has 1 rings (SSSR count). The highest BCUT2D eigenvalue weighted by Crippen LogP contribution is 2.12. The van der Waals surface area contributed by atoms with E-state index in [0.29, 0.717) is 6.54 Å². The molecule has 1 atom stereocenters. The number of carbonyl (C=O) groups excluding carboxylic acids is 2. The molecular weight excluding hydrogens is 204 g/mol. The first-order chi connectivity index (χ1) is 7.65. The van der Waals surface area contributed by atoms with Crippen molar-refractivity contribution in [3.63, 3.8) is 0 Å². The summed E-state index contributed by atoms with van der Waals surface area (Å²) in [5.74, 6) is -1.01. The van der Waals surface area contributed by atoms with Crippen LogP contribution < -0.4 is 10.6 Å². The summed E-state index contributed by atoms with van der Waals surface area (Å²) in [4.78, 5) is 22.1. The van der Waals surface area contributed by atoms with Gasteiger partial charge in [0.1, 0.15) is 0 Å². The van der Waals surface area contributed by atoms with Gasteiger partial charge in [-0.05, 0) is 11.5 Å². The molecule has 0 radical (unpaired) electrons. The largest absolute Gasteiger partial charge is 0.351 e. The van der Waals surface area contributed by atoms with Crippen molar-refractivity contribution in [3.05, 3.63) is 35.9 Å². The summed E-state index contributed by atoms with van der Waals surface area (Å²) < 4.78 is 0. The van der Waals surface area contributed by atoms with Crippen LogP contribution in [0.5, 0.6) is 0 Å². The number of amides is 2. The Kier molecular flexibility index (Phi) is 4.51. The van der Waals surface area contributed by atoms with Gasteiger partial charge < -0.3 is 10.6 Å². The maximum absolute atomic E-state index is 11.2. The van der Waals surface area contributed by atoms with E-state index in [1.54, 1.807) is 0 Å². The van der Waals surface area contributed by atoms with Gasteiger partial charge in [0.2, 0.25) is 0 Å². The Morgan fingerprint density at radius 3 is 2.38 bits per heavy atom. The summed E-state index contributed by atoms with van der Waals surface area (Å²) in [6.07, 6.45) is 0. The summed E-state index contributed by atoms with van der Waals surface area (Å²) in [6.45, 7) is 2.45. The predicted octanol–water partition coefficient (Wildman–Crippen LogP) is 0.652. The Bertz CT molecular complexity index is 363. The maximum atomic E-state index is 11.2. The zero-order chi connectivity index (χ0) is 12.0. The van der Waals surface area contributed by atoms with E-state index >= 15 is 0 Å². The first kappa shape index (κ1) is 12.2. The van der Waals surface area contributed by atoms with E-state index in [4.69, 9.17) is 0 Å². The quantitative estimate of drug-likeness (QED) is 0.735. The van der Waals surface area contributed by atoms with Crippen LogP contribution in [0.4, 0.5) is 0 Å². The van der Waals surface area contributed by atoms with Gasteiger partial charge in [0.05, 0.1) is 0 Å². The molecule has 0 aromatic heterocycles. The second-order valence-electron chi connectivity index (χ2n) is 3.60. The SMILES string of the molecule is CNC(=O)C(=O)NC[C@H](C)c1ccccc1. The molecule has 4 nitrogen and oxygen atoms in total. The van der Waals surface area contributed by atoms with Gasteiger partial charge in [-0.1, -0.05) is 37.3 Å². The first-order valence-electron chi connectivity index (χ1n) is 5.20. The lowest BCUT2D eigenvalue weighted by Gasteiger charge is -2.12. The minimum Gasteiger partial charge on any atom is -0.351 e. The molecule has 0 bridgehead atoms. The van der Waals surface area contributed by atoms with E-state index in [1.165, 1.54) is 7.05 Å². The highest BCUT2D eigenvalue weighted by Gasteiger charge is 2.12. The van der Waals surface area contributed by atoms with Crippen LogP contribution in [-0.2, 0) is 9.59 Å². The van der Waals surface area contributed by atoms with E-state index in [1.807, 2.05) is 37.3 Å². The van der Waals surface area contributed by atoms with Crippen molar-refractivity contribution in [1.82, 2.24) is 10.6 Å². The topological polar surface area (TPSA) is 58.2 Å². The number of hydrogen-bond donors (Lipinski definition) is 2. The zero-order valence-electron chi connectivity index (χ0n) is 9.49. The second kappa shape index (κ2) is 5.90. The molecule has 2 N–H and O–H groups in total. The van der Waals surface area contributed by atoms with Crippen molar-refractivity contribution < 1.29 is 9.59 Å². The summed E-state index contributed by atoms with van der Waals surface area (Å²) >= 11 is 0. The van der Waals surface area contributed by atoms with Crippen LogP contribution in [-0.4, -0.2) is 25.4 Å². The molecule has 0 aliphatic rings. The lowest BCUT2D eigenvalue weighted by Crippen LogP contribution is -2.39. The Balaban J connectivity index is 2.45. The van der Waals surface area contributed by atoms with Crippen molar-refractivity contribution in [3.8, 4) is 0 Å². The number of nitrogens with one attached hydrogen (secondary N) is 2. The van der Waals surface area contributed by atoms with Crippen LogP contribution in [0.2, 0.25) is 0 Å². The Labute approximate surface area is 95.0 Å². The third-order valence-electron chi connectivity index (χ3n) is 2.37. The summed E-state index contributed by atoms with van der Waals surface area (Å²) in [5.41, 5.74) is 1.14. The van der Waals surface area contributed by atoms with Gasteiger partial charge in [0, 0.05) is 13.6 Å². The van der Waals surface area contributed by atoms with Crippen LogP contribution >= 0.6 is 0 Å². The number of benzene rings is 1. The third-order valence-corrected chi connectivity index (χ3v) is 2.37. The molecule has 0 unspecified atom stereocenters. The molecule has 0 aliphatic carbocycles. The fraction of sp³-hybridized carbons (Fsp3) is 0.333. The molecule has 1 aromatic rings. The van der Waals surface area contributed by atoms with Gasteiger partial charge in [0.15, 0.2) is 0 Å². The number of likely N-dealkylation sites (N-methyl/N-ethyl adjacent to an activating group) is 1. The summed E-state index contributed by atoms with van der Waals surface area (Å²) in [5, 5.41) is 4.86. The zero-order valence-corrected chi connectivity index (χ0v) is 9.49. The van der Waals surface area contributed by atoms with Gasteiger partial charge >= 0.3 is 11.8 Å². The van der Waals surface area contributed by atoms with Crippen LogP contribution in [0.1, 0.15) is 18.4 Å². The Morgan fingerprint density at radius 1 is 1.19 bits per heavy atom. The molecule has 0 saturated carbocycles. The van der Waals surface area contributed by atoms with Crippen molar-refractivity contribution in [2.24, 2.45) is 0 Å². The molecule has 0 saturated heterocycles. The number of rotatable bonds is 3. The molecule has 0 spiro atoms. The number of hydrogen-bond acceptors (Lipinski definition) is 2. The summed E-state index contributed by atoms with van der Waals surface area (Å²) in [7, 11) is 1.43. The maximum Gasteiger partial charge on any atom is 0.309 e. The number of carbonyl (C=O) groups is 2. The minimum atomic E-state index is -0.611. The van der Waals surface area contributed by atoms with Crippen molar-refractivity contribution in [2.45, 2.75) is 12.8 Å². The fourth-order valence-corrected chi connectivity index (χ4v) is 1.34. The van der Waals surface area contributed by atoms with Gasteiger partial charge in [0.25, 0.3) is 0 Å². The lowest BCUT2D eigenvalue weighted by molar-refractivity contribution is -0.138. The van der Waals surface area contributed by atoms with Crippen LogP contribution in [0.3, 0.4) is 0 Å². The van der Waals surface area contributed by atoms with Gasteiger partial charge in [-0.2, -0.15) is 0 Å². The van der Waals surface area contributed by atoms with E-state index in [9.17, 15) is 9.59 Å². The molecule has 1 aromatic carbocycles. The molecule has 0 aliphatic heterocycles. The highest BCUT2D eigenvalue weighted by atomic mass is 16.2. The monoisotopic (exact) mass is 220 g/mol. The average Bonchev–Trinajstić information content (AvgIpc) is 2.35. The van der Waals surface area contributed by atoms with Gasteiger partial charge in [-0.3, -0.25) is 9.59 Å². The van der Waals surface area contributed by atoms with Crippen LogP contribution in [0, 0.1) is 0 Å². The highest BCUT2D eigenvalue weighted by molar-refractivity contribution is 6.35. The molecule has 86 valence electrons. The van der Waals surface area contributed by atoms with Crippen LogP contribution in [0.25, 0.3) is 0 Å². The van der Waals surface area contributed by atoms with Gasteiger partial charge in [-0.15, -0.1) is 0 Å². The van der Waals surface area contributed by atoms with E-state index in [0.717, 1.165) is 5.56 Å². The van der Waals surface area contributed by atoms with E-state index < -0.39 is 11.8 Å². The van der Waals surface area contributed by atoms with E-state index in [-0.39, 0.29) is 5.92 Å². The second-order valence-corrected chi connectivity index (χ2v) is 3.60. The minimum absolute atomic E-state index is 0.190. The molecule has 0 fully saturated rings. The molecule has 0 heterocycles. The Hall–Kier alpha value is -1.84. The van der Waals surface area contributed by atoms with Gasteiger partial charge in [-0.25, -0.2) is 0 Å². The van der Waals surface area contributed by atoms with Crippen LogP contribution in [0.15, 0.2) is 30.3 Å². The lowest BCUT2D eigenvalue weighted by atomic mass is 10.0. The molecular formula is C12H16N2O2. The van der Waals surface area contributed by atoms with Crippen molar-refractivity contribution in [2.75, 3.05) is 13.6 Å². The van der Waals surface area contributed by atoms with Crippen molar-refractivity contribution in [1.29, 1.82) is 0 Å². The molecule has 16 heavy (non-hydrogen) atoms. The summed E-state index contributed by atoms with van der Waals surface area (Å²) in [6, 6.07) is 9.84. The first-order valence-corrected chi connectivity index (χ1v) is 5.20. The van der Waals surface area contributed by atoms with Crippen molar-refractivity contribution >= 4 is 11.8 Å². The predicted molar refractivity (Wildman–Crippen MR) is 61.9 cm³/mol. The standard InChI is InChI=1S/C12H16N2O2/c1-9(10-6-4-3-5-7-10)8-14-12(16)11(15)13-2/h3-7,9H,8H2,1-2H3,(H,13,15)(H,14,16)/t9-/m0/s1. The average molecular weight is 220 g/mol.